The minimum atomic E-state index is -0.663. The van der Waals surface area contributed by atoms with Gasteiger partial charge in [0.15, 0.2) is 0 Å². The Balaban J connectivity index is 3.12. The molecular weight excluding hydrogens is 260 g/mol. The van der Waals surface area contributed by atoms with Gasteiger partial charge in [-0.25, -0.2) is 4.79 Å². The molecule has 0 bridgehead atoms. The molecule has 0 spiro atoms. The molecule has 0 aliphatic heterocycles. The number of anilines is 1. The number of hydrogen-bond donors (Lipinski definition) is 2. The number of carbonyl (C=O) groups is 2. The number of nitrogens with one attached hydrogen (secondary N) is 1. The van der Waals surface area contributed by atoms with Crippen LogP contribution in [0.2, 0.25) is 0 Å². The lowest BCUT2D eigenvalue weighted by molar-refractivity contribution is -0.117. The molecule has 0 heterocycles. The van der Waals surface area contributed by atoms with Gasteiger partial charge in [0, 0.05) is 0 Å². The van der Waals surface area contributed by atoms with Crippen molar-refractivity contribution in [3.8, 4) is 5.75 Å². The molecule has 0 unspecified atom stereocenters. The monoisotopic (exact) mass is 280 g/mol. The van der Waals surface area contributed by atoms with Crippen LogP contribution in [0.15, 0.2) is 18.2 Å². The zero-order chi connectivity index (χ0) is 15.3. The fraction of sp³-hybridized carbons (Fsp3) is 0.429. The van der Waals surface area contributed by atoms with Crippen LogP contribution < -0.4 is 15.8 Å². The molecule has 6 nitrogen and oxygen atoms in total. The summed E-state index contributed by atoms with van der Waals surface area (Å²) >= 11 is 0. The van der Waals surface area contributed by atoms with Crippen molar-refractivity contribution in [2.75, 3.05) is 12.4 Å². The fourth-order valence-electron chi connectivity index (χ4n) is 1.48. The van der Waals surface area contributed by atoms with E-state index in [4.69, 9.17) is 10.5 Å². The van der Waals surface area contributed by atoms with Crippen LogP contribution in [0.4, 0.5) is 5.69 Å². The molecule has 0 aliphatic rings. The zero-order valence-electron chi connectivity index (χ0n) is 12.1. The summed E-state index contributed by atoms with van der Waals surface area (Å²) in [5.41, 5.74) is 6.23. The van der Waals surface area contributed by atoms with Crippen molar-refractivity contribution in [1.29, 1.82) is 0 Å². The van der Waals surface area contributed by atoms with Crippen molar-refractivity contribution in [2.24, 2.45) is 5.73 Å². The van der Waals surface area contributed by atoms with E-state index >= 15 is 0 Å². The molecule has 0 aromatic heterocycles. The summed E-state index contributed by atoms with van der Waals surface area (Å²) in [6.07, 6.45) is -0.0649. The Bertz CT molecular complexity index is 498. The first-order chi connectivity index (χ1) is 9.35. The number of esters is 1. The summed E-state index contributed by atoms with van der Waals surface area (Å²) in [6, 6.07) is 4.03. The molecule has 1 rings (SSSR count). The molecule has 6 heteroatoms. The average Bonchev–Trinajstić information content (AvgIpc) is 2.39. The number of methoxy groups -OCH3 is 1. The van der Waals surface area contributed by atoms with Gasteiger partial charge in [0.2, 0.25) is 5.91 Å². The van der Waals surface area contributed by atoms with E-state index in [0.717, 1.165) is 0 Å². The van der Waals surface area contributed by atoms with E-state index in [0.29, 0.717) is 17.0 Å². The number of hydrogen-bond acceptors (Lipinski definition) is 5. The van der Waals surface area contributed by atoms with Gasteiger partial charge >= 0.3 is 5.97 Å². The standard InChI is InChI=1S/C14H20N2O4/c1-8(2)20-12-6-5-10(14(18)19-4)7-11(12)16-13(17)9(3)15/h5-9H,15H2,1-4H3,(H,16,17)/t9-/m0/s1. The molecular formula is C14H20N2O4. The summed E-state index contributed by atoms with van der Waals surface area (Å²) in [5, 5.41) is 2.64. The molecule has 1 aromatic rings. The lowest BCUT2D eigenvalue weighted by atomic mass is 10.1. The van der Waals surface area contributed by atoms with Gasteiger partial charge in [-0.3, -0.25) is 4.79 Å². The minimum Gasteiger partial charge on any atom is -0.489 e. The van der Waals surface area contributed by atoms with Gasteiger partial charge < -0.3 is 20.5 Å². The molecule has 3 N–H and O–H groups in total. The van der Waals surface area contributed by atoms with Gasteiger partial charge in [-0.2, -0.15) is 0 Å². The Hall–Kier alpha value is -2.08. The Morgan fingerprint density at radius 1 is 1.25 bits per heavy atom. The third-order valence-electron chi connectivity index (χ3n) is 2.43. The van der Waals surface area contributed by atoms with Crippen LogP contribution in [0.5, 0.6) is 5.75 Å². The molecule has 20 heavy (non-hydrogen) atoms. The fourth-order valence-corrected chi connectivity index (χ4v) is 1.48. The van der Waals surface area contributed by atoms with Crippen LogP contribution in [0.1, 0.15) is 31.1 Å². The van der Waals surface area contributed by atoms with Gasteiger partial charge in [0.1, 0.15) is 5.75 Å². The number of carbonyl (C=O) groups excluding carboxylic acids is 2. The topological polar surface area (TPSA) is 90.6 Å². The molecule has 0 radical (unpaired) electrons. The normalized spacial score (nSPS) is 11.9. The second kappa shape index (κ2) is 6.91. The SMILES string of the molecule is COC(=O)c1ccc(OC(C)C)c(NC(=O)[C@H](C)N)c1. The highest BCUT2D eigenvalue weighted by atomic mass is 16.5. The van der Waals surface area contributed by atoms with Gasteiger partial charge in [-0.15, -0.1) is 0 Å². The Morgan fingerprint density at radius 3 is 2.40 bits per heavy atom. The number of amides is 1. The smallest absolute Gasteiger partial charge is 0.337 e. The van der Waals surface area contributed by atoms with Crippen LogP contribution in [0, 0.1) is 0 Å². The Kier molecular flexibility index (Phi) is 5.52. The molecule has 0 saturated heterocycles. The third kappa shape index (κ3) is 4.24. The van der Waals surface area contributed by atoms with Gasteiger partial charge in [-0.05, 0) is 39.0 Å². The van der Waals surface area contributed by atoms with Crippen LogP contribution in [-0.4, -0.2) is 31.1 Å². The number of nitrogens with two attached hydrogens (primary N) is 1. The Labute approximate surface area is 118 Å². The first kappa shape index (κ1) is 16.0. The van der Waals surface area contributed by atoms with E-state index < -0.39 is 12.0 Å². The quantitative estimate of drug-likeness (QED) is 0.798. The van der Waals surface area contributed by atoms with Crippen LogP contribution >= 0.6 is 0 Å². The minimum absolute atomic E-state index is 0.0649. The predicted molar refractivity (Wildman–Crippen MR) is 75.8 cm³/mol. The van der Waals surface area contributed by atoms with Crippen LogP contribution in [0.25, 0.3) is 0 Å². The van der Waals surface area contributed by atoms with E-state index in [1.807, 2.05) is 13.8 Å². The highest BCUT2D eigenvalue weighted by Crippen LogP contribution is 2.27. The molecule has 1 atom stereocenters. The molecule has 1 aromatic carbocycles. The van der Waals surface area contributed by atoms with E-state index in [9.17, 15) is 9.59 Å². The van der Waals surface area contributed by atoms with E-state index in [1.54, 1.807) is 19.1 Å². The van der Waals surface area contributed by atoms with Gasteiger partial charge in [0.25, 0.3) is 0 Å². The first-order valence-electron chi connectivity index (χ1n) is 6.30. The largest absolute Gasteiger partial charge is 0.489 e. The Morgan fingerprint density at radius 2 is 1.90 bits per heavy atom. The molecule has 0 fully saturated rings. The summed E-state index contributed by atoms with van der Waals surface area (Å²) in [6.45, 7) is 5.30. The highest BCUT2D eigenvalue weighted by molar-refractivity contribution is 5.98. The summed E-state index contributed by atoms with van der Waals surface area (Å²) < 4.78 is 10.2. The maximum atomic E-state index is 11.7. The maximum Gasteiger partial charge on any atom is 0.337 e. The second-order valence-electron chi connectivity index (χ2n) is 4.65. The predicted octanol–water partition coefficient (Wildman–Crippen LogP) is 1.55. The van der Waals surface area contributed by atoms with Crippen molar-refractivity contribution in [3.05, 3.63) is 23.8 Å². The molecule has 0 saturated carbocycles. The molecule has 1 amide bonds. The van der Waals surface area contributed by atoms with Crippen molar-refractivity contribution >= 4 is 17.6 Å². The van der Waals surface area contributed by atoms with Crippen molar-refractivity contribution in [2.45, 2.75) is 32.9 Å². The number of benzene rings is 1. The zero-order valence-corrected chi connectivity index (χ0v) is 12.1. The van der Waals surface area contributed by atoms with Crippen molar-refractivity contribution in [3.63, 3.8) is 0 Å². The number of ether oxygens (including phenoxy) is 2. The summed E-state index contributed by atoms with van der Waals surface area (Å²) in [5.74, 6) is -0.375. The maximum absolute atomic E-state index is 11.7. The van der Waals surface area contributed by atoms with Crippen LogP contribution in [-0.2, 0) is 9.53 Å². The summed E-state index contributed by atoms with van der Waals surface area (Å²) in [4.78, 5) is 23.2. The van der Waals surface area contributed by atoms with Crippen molar-refractivity contribution < 1.29 is 19.1 Å². The summed E-state index contributed by atoms with van der Waals surface area (Å²) in [7, 11) is 1.29. The van der Waals surface area contributed by atoms with E-state index in [-0.39, 0.29) is 12.0 Å². The highest BCUT2D eigenvalue weighted by Gasteiger charge is 2.15. The lowest BCUT2D eigenvalue weighted by Gasteiger charge is -2.16. The van der Waals surface area contributed by atoms with Crippen molar-refractivity contribution in [1.82, 2.24) is 0 Å². The van der Waals surface area contributed by atoms with Gasteiger partial charge in [-0.1, -0.05) is 0 Å². The number of rotatable bonds is 5. The first-order valence-corrected chi connectivity index (χ1v) is 6.30. The van der Waals surface area contributed by atoms with Crippen LogP contribution in [0.3, 0.4) is 0 Å². The van der Waals surface area contributed by atoms with Gasteiger partial charge in [0.05, 0.1) is 30.5 Å². The van der Waals surface area contributed by atoms with E-state index in [2.05, 4.69) is 10.1 Å². The molecule has 0 aliphatic carbocycles. The third-order valence-corrected chi connectivity index (χ3v) is 2.43. The van der Waals surface area contributed by atoms with E-state index in [1.165, 1.54) is 13.2 Å². The average molecular weight is 280 g/mol. The molecule has 110 valence electrons. The lowest BCUT2D eigenvalue weighted by Crippen LogP contribution is -2.32. The second-order valence-corrected chi connectivity index (χ2v) is 4.65.